The highest BCUT2D eigenvalue weighted by Gasteiger charge is 2.17. The van der Waals surface area contributed by atoms with E-state index in [1.807, 2.05) is 73.8 Å². The first-order valence-corrected chi connectivity index (χ1v) is 10.5. The minimum absolute atomic E-state index is 0.189. The average Bonchev–Trinajstić information content (AvgIpc) is 3.26. The number of carbonyl (C=O) groups is 2. The molecule has 1 atom stereocenters. The Labute approximate surface area is 180 Å². The summed E-state index contributed by atoms with van der Waals surface area (Å²) < 4.78 is 5.70. The number of carbonyl (C=O) groups excluding carboxylic acids is 2. The van der Waals surface area contributed by atoms with Crippen LogP contribution in [0.5, 0.6) is 5.75 Å². The van der Waals surface area contributed by atoms with Gasteiger partial charge in [-0.2, -0.15) is 0 Å². The predicted octanol–water partition coefficient (Wildman–Crippen LogP) is 4.41. The van der Waals surface area contributed by atoms with Gasteiger partial charge in [0.05, 0.1) is 6.04 Å². The predicted molar refractivity (Wildman–Crippen MR) is 120 cm³/mol. The number of aryl methyl sites for hydroxylation is 1. The zero-order valence-corrected chi connectivity index (χ0v) is 17.7. The Morgan fingerprint density at radius 3 is 2.43 bits per heavy atom. The molecule has 0 saturated carbocycles. The summed E-state index contributed by atoms with van der Waals surface area (Å²) >= 11 is 1.49. The molecule has 2 amide bonds. The fraction of sp³-hybridized carbons (Fsp3) is 0.167. The monoisotopic (exact) mass is 420 g/mol. The number of rotatable bonds is 8. The zero-order chi connectivity index (χ0) is 21.3. The Kier molecular flexibility index (Phi) is 7.40. The molecule has 2 N–H and O–H groups in total. The van der Waals surface area contributed by atoms with Gasteiger partial charge in [0, 0.05) is 10.4 Å². The maximum absolute atomic E-state index is 12.9. The fourth-order valence-electron chi connectivity index (χ4n) is 2.65. The standard InChI is InChI=1S/C24H24N2O3S/c1-17-10-12-19(13-11-17)23(27)26-22(15-21-9-6-14-30-21)24(28)25-18(2)16-29-20-7-4-3-5-8-20/h3-15,18H,16H2,1-2H3,(H,25,28)(H,26,27)/b22-15-/t18-/m0/s1. The van der Waals surface area contributed by atoms with Crippen molar-refractivity contribution >= 4 is 29.2 Å². The molecule has 6 heteroatoms. The van der Waals surface area contributed by atoms with Gasteiger partial charge in [0.2, 0.25) is 0 Å². The van der Waals surface area contributed by atoms with Gasteiger partial charge < -0.3 is 15.4 Å². The van der Waals surface area contributed by atoms with E-state index in [9.17, 15) is 9.59 Å². The first-order valence-electron chi connectivity index (χ1n) is 9.63. The molecule has 0 spiro atoms. The van der Waals surface area contributed by atoms with E-state index in [-0.39, 0.29) is 23.6 Å². The molecule has 5 nitrogen and oxygen atoms in total. The lowest BCUT2D eigenvalue weighted by Gasteiger charge is -2.17. The largest absolute Gasteiger partial charge is 0.491 e. The van der Waals surface area contributed by atoms with Gasteiger partial charge in [0.1, 0.15) is 18.1 Å². The van der Waals surface area contributed by atoms with E-state index in [1.54, 1.807) is 18.2 Å². The quantitative estimate of drug-likeness (QED) is 0.531. The van der Waals surface area contributed by atoms with Crippen molar-refractivity contribution in [2.45, 2.75) is 19.9 Å². The summed E-state index contributed by atoms with van der Waals surface area (Å²) in [6.45, 7) is 4.12. The van der Waals surface area contributed by atoms with Crippen LogP contribution in [0.15, 0.2) is 77.8 Å². The van der Waals surface area contributed by atoms with Crippen LogP contribution in [0.2, 0.25) is 0 Å². The maximum Gasteiger partial charge on any atom is 0.268 e. The van der Waals surface area contributed by atoms with Crippen LogP contribution in [-0.4, -0.2) is 24.5 Å². The second-order valence-electron chi connectivity index (χ2n) is 6.89. The van der Waals surface area contributed by atoms with E-state index in [1.165, 1.54) is 11.3 Å². The summed E-state index contributed by atoms with van der Waals surface area (Å²) in [6, 6.07) is 20.1. The molecule has 0 aliphatic carbocycles. The molecule has 0 aliphatic heterocycles. The Morgan fingerprint density at radius 2 is 1.77 bits per heavy atom. The molecule has 30 heavy (non-hydrogen) atoms. The van der Waals surface area contributed by atoms with Crippen molar-refractivity contribution in [3.8, 4) is 5.75 Å². The Morgan fingerprint density at radius 1 is 1.03 bits per heavy atom. The van der Waals surface area contributed by atoms with Crippen LogP contribution < -0.4 is 15.4 Å². The molecule has 0 fully saturated rings. The minimum atomic E-state index is -0.368. The van der Waals surface area contributed by atoms with E-state index in [0.29, 0.717) is 12.2 Å². The number of hydrogen-bond acceptors (Lipinski definition) is 4. The number of para-hydroxylation sites is 1. The van der Waals surface area contributed by atoms with E-state index in [2.05, 4.69) is 10.6 Å². The highest BCUT2D eigenvalue weighted by molar-refractivity contribution is 7.10. The Bertz CT molecular complexity index is 997. The number of ether oxygens (including phenoxy) is 1. The van der Waals surface area contributed by atoms with Gasteiger partial charge in [0.25, 0.3) is 11.8 Å². The van der Waals surface area contributed by atoms with Crippen LogP contribution in [0.4, 0.5) is 0 Å². The van der Waals surface area contributed by atoms with Crippen molar-refractivity contribution in [2.75, 3.05) is 6.61 Å². The lowest BCUT2D eigenvalue weighted by atomic mass is 10.1. The molecule has 0 bridgehead atoms. The summed E-state index contributed by atoms with van der Waals surface area (Å²) in [5.74, 6) is 0.0368. The van der Waals surface area contributed by atoms with Crippen molar-refractivity contribution in [1.82, 2.24) is 10.6 Å². The second-order valence-corrected chi connectivity index (χ2v) is 7.87. The van der Waals surface area contributed by atoms with Gasteiger partial charge in [-0.05, 0) is 55.6 Å². The topological polar surface area (TPSA) is 67.4 Å². The number of nitrogens with one attached hydrogen (secondary N) is 2. The molecule has 1 heterocycles. The molecule has 1 aromatic heterocycles. The summed E-state index contributed by atoms with van der Waals surface area (Å²) in [5, 5.41) is 7.55. The van der Waals surface area contributed by atoms with Crippen molar-refractivity contribution in [3.05, 3.63) is 93.8 Å². The lowest BCUT2D eigenvalue weighted by Crippen LogP contribution is -2.41. The van der Waals surface area contributed by atoms with Crippen LogP contribution in [0.3, 0.4) is 0 Å². The lowest BCUT2D eigenvalue weighted by molar-refractivity contribution is -0.118. The second kappa shape index (κ2) is 10.4. The fourth-order valence-corrected chi connectivity index (χ4v) is 3.31. The Hall–Kier alpha value is -3.38. The minimum Gasteiger partial charge on any atom is -0.491 e. The van der Waals surface area contributed by atoms with E-state index < -0.39 is 0 Å². The molecule has 3 rings (SSSR count). The highest BCUT2D eigenvalue weighted by Crippen LogP contribution is 2.14. The molecule has 0 saturated heterocycles. The Balaban J connectivity index is 1.67. The average molecular weight is 421 g/mol. The summed E-state index contributed by atoms with van der Waals surface area (Å²) in [4.78, 5) is 26.4. The molecule has 0 unspecified atom stereocenters. The number of amides is 2. The van der Waals surface area contributed by atoms with Gasteiger partial charge >= 0.3 is 0 Å². The van der Waals surface area contributed by atoms with Crippen LogP contribution in [0.25, 0.3) is 6.08 Å². The number of hydrogen-bond donors (Lipinski definition) is 2. The third-order valence-corrected chi connectivity index (χ3v) is 5.08. The molecule has 3 aromatic rings. The summed E-state index contributed by atoms with van der Waals surface area (Å²) in [5.41, 5.74) is 1.74. The van der Waals surface area contributed by atoms with E-state index >= 15 is 0 Å². The van der Waals surface area contributed by atoms with E-state index in [4.69, 9.17) is 4.74 Å². The molecular formula is C24H24N2O3S. The molecule has 0 radical (unpaired) electrons. The van der Waals surface area contributed by atoms with Crippen LogP contribution in [-0.2, 0) is 4.79 Å². The summed E-state index contributed by atoms with van der Waals surface area (Å²) in [7, 11) is 0. The van der Waals surface area contributed by atoms with Crippen LogP contribution >= 0.6 is 11.3 Å². The number of thiophene rings is 1. The first-order chi connectivity index (χ1) is 14.5. The SMILES string of the molecule is Cc1ccc(C(=O)N/C(=C\c2cccs2)C(=O)N[C@@H](C)COc2ccccc2)cc1. The third-order valence-electron chi connectivity index (χ3n) is 4.26. The van der Waals surface area contributed by atoms with Crippen LogP contribution in [0, 0.1) is 6.92 Å². The first kappa shape index (κ1) is 21.3. The van der Waals surface area contributed by atoms with Crippen molar-refractivity contribution < 1.29 is 14.3 Å². The van der Waals surface area contributed by atoms with Gasteiger partial charge in [-0.25, -0.2) is 0 Å². The number of benzene rings is 2. The van der Waals surface area contributed by atoms with Crippen molar-refractivity contribution in [2.24, 2.45) is 0 Å². The van der Waals surface area contributed by atoms with Gasteiger partial charge in [-0.15, -0.1) is 11.3 Å². The van der Waals surface area contributed by atoms with Crippen LogP contribution in [0.1, 0.15) is 27.7 Å². The van der Waals surface area contributed by atoms with Gasteiger partial charge in [-0.1, -0.05) is 42.0 Å². The summed E-state index contributed by atoms with van der Waals surface area (Å²) in [6.07, 6.45) is 1.68. The smallest absolute Gasteiger partial charge is 0.268 e. The normalized spacial score (nSPS) is 12.1. The van der Waals surface area contributed by atoms with E-state index in [0.717, 1.165) is 16.2 Å². The zero-order valence-electron chi connectivity index (χ0n) is 16.9. The molecule has 2 aromatic carbocycles. The molecular weight excluding hydrogens is 396 g/mol. The molecule has 154 valence electrons. The van der Waals surface area contributed by atoms with Crippen molar-refractivity contribution in [1.29, 1.82) is 0 Å². The van der Waals surface area contributed by atoms with Gasteiger partial charge in [0.15, 0.2) is 0 Å². The molecule has 0 aliphatic rings. The third kappa shape index (κ3) is 6.32. The van der Waals surface area contributed by atoms with Gasteiger partial charge in [-0.3, -0.25) is 9.59 Å². The van der Waals surface area contributed by atoms with Crippen molar-refractivity contribution in [3.63, 3.8) is 0 Å². The maximum atomic E-state index is 12.9. The highest BCUT2D eigenvalue weighted by atomic mass is 32.1.